The third kappa shape index (κ3) is 8.92. The first-order valence-corrected chi connectivity index (χ1v) is 13.3. The molecule has 1 atom stereocenters. The van der Waals surface area contributed by atoms with E-state index in [0.717, 1.165) is 63.4 Å². The summed E-state index contributed by atoms with van der Waals surface area (Å²) in [6, 6.07) is 2.83. The third-order valence-corrected chi connectivity index (χ3v) is 6.65. The molecule has 0 radical (unpaired) electrons. The Labute approximate surface area is 225 Å². The molecule has 1 amide bonds. The number of nitrogens with one attached hydrogen (secondary N) is 2. The number of aryl methyl sites for hydroxylation is 3. The van der Waals surface area contributed by atoms with Gasteiger partial charge in [-0.1, -0.05) is 6.07 Å². The first-order valence-electron chi connectivity index (χ1n) is 13.3. The van der Waals surface area contributed by atoms with Crippen molar-refractivity contribution in [2.45, 2.75) is 57.7 Å². The average Bonchev–Trinajstić information content (AvgIpc) is 3.30. The number of hydrogen-bond donors (Lipinski definition) is 3. The molecule has 1 aliphatic heterocycles. The lowest BCUT2D eigenvalue weighted by molar-refractivity contribution is -0.144. The number of fused-ring (bicyclic) bond motifs is 1. The van der Waals surface area contributed by atoms with Crippen LogP contribution in [0.25, 0.3) is 0 Å². The number of unbranched alkanes of at least 4 members (excludes halogenated alkanes) is 1. The first kappa shape index (κ1) is 30.4. The summed E-state index contributed by atoms with van der Waals surface area (Å²) in [4.78, 5) is 31.2. The van der Waals surface area contributed by atoms with Crippen LogP contribution in [0.5, 0.6) is 0 Å². The summed E-state index contributed by atoms with van der Waals surface area (Å²) < 4.78 is 46.1. The van der Waals surface area contributed by atoms with Gasteiger partial charge in [0, 0.05) is 39.0 Å². The molecule has 216 valence electrons. The van der Waals surface area contributed by atoms with Gasteiger partial charge in [0.15, 0.2) is 5.69 Å². The molecule has 3 heterocycles. The van der Waals surface area contributed by atoms with Gasteiger partial charge in [-0.3, -0.25) is 9.48 Å². The van der Waals surface area contributed by atoms with E-state index < -0.39 is 35.4 Å². The standard InChI is InChI=1S/C26H37F3N6O4/c1-3-39-16-15-35(13-5-4-8-19-10-9-18-7-6-12-30-23(18)32-19)14-11-21(25(37)38)33-24(36)20-17-31-34(2)22(20)26(27,28)29/h9-10,17,21H,3-8,11-16H2,1-2H3,(H,30,32)(H,33,36)(H,37,38). The number of amides is 1. The van der Waals surface area contributed by atoms with E-state index >= 15 is 0 Å². The molecule has 0 aliphatic carbocycles. The van der Waals surface area contributed by atoms with E-state index in [0.29, 0.717) is 37.5 Å². The fourth-order valence-corrected chi connectivity index (χ4v) is 4.57. The van der Waals surface area contributed by atoms with Crippen LogP contribution in [0.2, 0.25) is 0 Å². The molecule has 10 nitrogen and oxygen atoms in total. The molecule has 39 heavy (non-hydrogen) atoms. The zero-order valence-electron chi connectivity index (χ0n) is 22.4. The number of aliphatic carboxylic acids is 1. The molecular weight excluding hydrogens is 517 g/mol. The van der Waals surface area contributed by atoms with Crippen LogP contribution >= 0.6 is 0 Å². The third-order valence-electron chi connectivity index (χ3n) is 6.65. The second-order valence-electron chi connectivity index (χ2n) is 9.52. The molecule has 2 aromatic heterocycles. The summed E-state index contributed by atoms with van der Waals surface area (Å²) in [5.74, 6) is -1.49. The molecule has 13 heteroatoms. The fraction of sp³-hybridized carbons (Fsp3) is 0.615. The van der Waals surface area contributed by atoms with Gasteiger partial charge in [-0.2, -0.15) is 18.3 Å². The molecule has 1 aliphatic rings. The van der Waals surface area contributed by atoms with Gasteiger partial charge >= 0.3 is 12.1 Å². The number of nitrogens with zero attached hydrogens (tertiary/aromatic N) is 4. The molecule has 0 saturated carbocycles. The minimum atomic E-state index is -4.81. The van der Waals surface area contributed by atoms with Gasteiger partial charge in [-0.25, -0.2) is 9.78 Å². The number of aromatic nitrogens is 3. The second kappa shape index (κ2) is 14.3. The van der Waals surface area contributed by atoms with Crippen molar-refractivity contribution >= 4 is 17.7 Å². The van der Waals surface area contributed by atoms with Crippen LogP contribution in [0.1, 0.15) is 59.9 Å². The van der Waals surface area contributed by atoms with Gasteiger partial charge in [0.25, 0.3) is 5.91 Å². The van der Waals surface area contributed by atoms with E-state index in [2.05, 4.69) is 27.9 Å². The monoisotopic (exact) mass is 554 g/mol. The van der Waals surface area contributed by atoms with Crippen LogP contribution in [0.15, 0.2) is 18.3 Å². The molecule has 0 saturated heterocycles. The topological polar surface area (TPSA) is 122 Å². The molecule has 0 fully saturated rings. The maximum absolute atomic E-state index is 13.3. The van der Waals surface area contributed by atoms with Crippen molar-refractivity contribution in [1.82, 2.24) is 25.0 Å². The Balaban J connectivity index is 1.54. The van der Waals surface area contributed by atoms with Gasteiger partial charge in [0.1, 0.15) is 11.9 Å². The number of carbonyl (C=O) groups excluding carboxylic acids is 1. The van der Waals surface area contributed by atoms with Crippen LogP contribution in [0.4, 0.5) is 19.0 Å². The number of pyridine rings is 1. The Morgan fingerprint density at radius 1 is 1.26 bits per heavy atom. The average molecular weight is 555 g/mol. The summed E-state index contributed by atoms with van der Waals surface area (Å²) in [6.45, 7) is 5.39. The van der Waals surface area contributed by atoms with Crippen LogP contribution in [-0.4, -0.2) is 82.1 Å². The molecule has 1 unspecified atom stereocenters. The van der Waals surface area contributed by atoms with Gasteiger partial charge < -0.3 is 25.4 Å². The minimum absolute atomic E-state index is 0.0207. The van der Waals surface area contributed by atoms with E-state index in [1.54, 1.807) is 0 Å². The number of alkyl halides is 3. The lowest BCUT2D eigenvalue weighted by atomic mass is 10.1. The summed E-state index contributed by atoms with van der Waals surface area (Å²) in [6.07, 6.45) is 0.687. The van der Waals surface area contributed by atoms with Crippen LogP contribution in [-0.2, 0) is 35.6 Å². The number of carboxylic acid groups (broad SMARTS) is 1. The highest BCUT2D eigenvalue weighted by Crippen LogP contribution is 2.31. The second-order valence-corrected chi connectivity index (χ2v) is 9.52. The van der Waals surface area contributed by atoms with Crippen molar-refractivity contribution in [2.75, 3.05) is 44.7 Å². The lowest BCUT2D eigenvalue weighted by Gasteiger charge is -2.24. The quantitative estimate of drug-likeness (QED) is 0.287. The SMILES string of the molecule is CCOCCN(CCCCc1ccc2c(n1)NCCC2)CCC(NC(=O)c1cnn(C)c1C(F)(F)F)C(=O)O. The van der Waals surface area contributed by atoms with Crippen LogP contribution in [0, 0.1) is 0 Å². The fourth-order valence-electron chi connectivity index (χ4n) is 4.57. The lowest BCUT2D eigenvalue weighted by Crippen LogP contribution is -2.44. The van der Waals surface area contributed by atoms with Crippen molar-refractivity contribution in [1.29, 1.82) is 0 Å². The molecule has 2 aromatic rings. The van der Waals surface area contributed by atoms with Gasteiger partial charge in [-0.15, -0.1) is 0 Å². The Bertz CT molecular complexity index is 1110. The normalized spacial score (nSPS) is 14.1. The van der Waals surface area contributed by atoms with Crippen molar-refractivity contribution in [3.8, 4) is 0 Å². The molecule has 3 rings (SSSR count). The molecule has 0 aromatic carbocycles. The number of hydrogen-bond acceptors (Lipinski definition) is 7. The highest BCUT2D eigenvalue weighted by atomic mass is 19.4. The molecule has 3 N–H and O–H groups in total. The number of ether oxygens (including phenoxy) is 1. The van der Waals surface area contributed by atoms with Gasteiger partial charge in [0.2, 0.25) is 0 Å². The Kier molecular flexibility index (Phi) is 11.1. The van der Waals surface area contributed by atoms with Gasteiger partial charge in [0.05, 0.1) is 18.4 Å². The Morgan fingerprint density at radius 3 is 2.77 bits per heavy atom. The van der Waals surface area contributed by atoms with Crippen LogP contribution in [0.3, 0.4) is 0 Å². The predicted molar refractivity (Wildman–Crippen MR) is 139 cm³/mol. The van der Waals surface area contributed by atoms with Crippen molar-refractivity contribution < 1.29 is 32.6 Å². The number of carbonyl (C=O) groups is 2. The van der Waals surface area contributed by atoms with Crippen molar-refractivity contribution in [2.24, 2.45) is 7.05 Å². The van der Waals surface area contributed by atoms with E-state index in [9.17, 15) is 27.9 Å². The van der Waals surface area contributed by atoms with Gasteiger partial charge in [-0.05, 0) is 63.6 Å². The van der Waals surface area contributed by atoms with Crippen LogP contribution < -0.4 is 10.6 Å². The largest absolute Gasteiger partial charge is 0.480 e. The first-order chi connectivity index (χ1) is 18.6. The van der Waals surface area contributed by atoms with E-state index in [1.165, 1.54) is 5.56 Å². The predicted octanol–water partition coefficient (Wildman–Crippen LogP) is 3.13. The summed E-state index contributed by atoms with van der Waals surface area (Å²) in [5.41, 5.74) is 0.318. The van der Waals surface area contributed by atoms with E-state index in [-0.39, 0.29) is 6.42 Å². The Morgan fingerprint density at radius 2 is 2.05 bits per heavy atom. The minimum Gasteiger partial charge on any atom is -0.480 e. The molecule has 0 spiro atoms. The maximum Gasteiger partial charge on any atom is 0.433 e. The summed E-state index contributed by atoms with van der Waals surface area (Å²) in [7, 11) is 1.07. The summed E-state index contributed by atoms with van der Waals surface area (Å²) >= 11 is 0. The number of anilines is 1. The highest BCUT2D eigenvalue weighted by molar-refractivity contribution is 5.97. The van der Waals surface area contributed by atoms with Crippen molar-refractivity contribution in [3.63, 3.8) is 0 Å². The zero-order chi connectivity index (χ0) is 28.4. The Hall–Kier alpha value is -3.19. The highest BCUT2D eigenvalue weighted by Gasteiger charge is 2.40. The van der Waals surface area contributed by atoms with E-state index in [4.69, 9.17) is 9.72 Å². The number of halogens is 3. The van der Waals surface area contributed by atoms with E-state index in [1.807, 2.05) is 11.8 Å². The number of carboxylic acids is 1. The summed E-state index contributed by atoms with van der Waals surface area (Å²) in [5, 5.41) is 18.7. The molecular formula is C26H37F3N6O4. The zero-order valence-corrected chi connectivity index (χ0v) is 22.4. The molecule has 0 bridgehead atoms. The number of rotatable bonds is 15. The smallest absolute Gasteiger partial charge is 0.433 e. The van der Waals surface area contributed by atoms with Crippen molar-refractivity contribution in [3.05, 3.63) is 40.8 Å². The maximum atomic E-state index is 13.3.